The highest BCUT2D eigenvalue weighted by Gasteiger charge is 2.21. The molecule has 0 aliphatic heterocycles. The first-order chi connectivity index (χ1) is 17.4. The predicted molar refractivity (Wildman–Crippen MR) is 134 cm³/mol. The number of hydrogen-bond donors (Lipinski definition) is 1. The van der Waals surface area contributed by atoms with Gasteiger partial charge < -0.3 is 10.1 Å². The van der Waals surface area contributed by atoms with Crippen molar-refractivity contribution in [3.8, 4) is 11.5 Å². The molecule has 180 valence electrons. The number of fused-ring (bicyclic) bond motifs is 1. The number of esters is 1. The molecule has 3 aromatic heterocycles. The second-order valence-corrected chi connectivity index (χ2v) is 8.28. The Morgan fingerprint density at radius 3 is 2.50 bits per heavy atom. The van der Waals surface area contributed by atoms with Gasteiger partial charge in [0.05, 0.1) is 41.2 Å². The van der Waals surface area contributed by atoms with Crippen LogP contribution in [0.1, 0.15) is 37.5 Å². The standard InChI is InChI=1S/C26H23N7O3/c1-15-8-7-11-21(17(15)3)32-23-20(13-29-32)24(28-14-27-23)33-22(12-16(2)31-33)30-25(34)18-9-5-6-10-19(18)26(35)36-4/h5-14H,1-4H3,(H,30,34). The van der Waals surface area contributed by atoms with Gasteiger partial charge in [0.15, 0.2) is 11.5 Å². The third kappa shape index (κ3) is 3.88. The Morgan fingerprint density at radius 1 is 0.944 bits per heavy atom. The van der Waals surface area contributed by atoms with E-state index < -0.39 is 11.9 Å². The molecule has 0 fully saturated rings. The highest BCUT2D eigenvalue weighted by molar-refractivity contribution is 6.10. The Balaban J connectivity index is 1.57. The van der Waals surface area contributed by atoms with Crippen molar-refractivity contribution in [3.05, 3.63) is 89.0 Å². The van der Waals surface area contributed by atoms with Crippen molar-refractivity contribution in [3.63, 3.8) is 0 Å². The molecule has 0 radical (unpaired) electrons. The Hall–Kier alpha value is -4.86. The minimum atomic E-state index is -0.596. The van der Waals surface area contributed by atoms with Gasteiger partial charge in [-0.15, -0.1) is 0 Å². The number of nitrogens with one attached hydrogen (secondary N) is 1. The van der Waals surface area contributed by atoms with E-state index in [1.165, 1.54) is 18.1 Å². The maximum atomic E-state index is 13.2. The summed E-state index contributed by atoms with van der Waals surface area (Å²) < 4.78 is 8.12. The van der Waals surface area contributed by atoms with E-state index in [1.807, 2.05) is 39.0 Å². The Labute approximate surface area is 206 Å². The van der Waals surface area contributed by atoms with E-state index in [4.69, 9.17) is 4.74 Å². The number of aromatic nitrogens is 6. The molecule has 0 bridgehead atoms. The minimum Gasteiger partial charge on any atom is -0.465 e. The number of methoxy groups -OCH3 is 1. The molecule has 0 atom stereocenters. The third-order valence-corrected chi connectivity index (χ3v) is 6.00. The van der Waals surface area contributed by atoms with Gasteiger partial charge in [0.2, 0.25) is 0 Å². The third-order valence-electron chi connectivity index (χ3n) is 6.00. The van der Waals surface area contributed by atoms with E-state index in [0.717, 1.165) is 16.8 Å². The quantitative estimate of drug-likeness (QED) is 0.378. The SMILES string of the molecule is COC(=O)c1ccccc1C(=O)Nc1cc(C)nn1-c1ncnc2c1cnn2-c1cccc(C)c1C. The molecule has 3 heterocycles. The number of ether oxygens (including phenoxy) is 1. The van der Waals surface area contributed by atoms with Crippen LogP contribution in [0, 0.1) is 20.8 Å². The molecule has 10 heteroatoms. The maximum absolute atomic E-state index is 13.2. The zero-order valence-corrected chi connectivity index (χ0v) is 20.2. The first-order valence-corrected chi connectivity index (χ1v) is 11.2. The smallest absolute Gasteiger partial charge is 0.338 e. The van der Waals surface area contributed by atoms with Crippen molar-refractivity contribution in [1.29, 1.82) is 0 Å². The minimum absolute atomic E-state index is 0.166. The Morgan fingerprint density at radius 2 is 1.72 bits per heavy atom. The molecule has 2 aromatic carbocycles. The van der Waals surface area contributed by atoms with Gasteiger partial charge in [-0.3, -0.25) is 4.79 Å². The molecular formula is C26H23N7O3. The number of amides is 1. The van der Waals surface area contributed by atoms with Gasteiger partial charge in [-0.2, -0.15) is 14.9 Å². The highest BCUT2D eigenvalue weighted by atomic mass is 16.5. The van der Waals surface area contributed by atoms with Crippen LogP contribution in [0.15, 0.2) is 61.1 Å². The fourth-order valence-corrected chi connectivity index (χ4v) is 4.04. The summed E-state index contributed by atoms with van der Waals surface area (Å²) in [5, 5.41) is 12.6. The van der Waals surface area contributed by atoms with Gasteiger partial charge in [-0.25, -0.2) is 19.4 Å². The van der Waals surface area contributed by atoms with Gasteiger partial charge in [0.1, 0.15) is 12.1 Å². The molecule has 1 N–H and O–H groups in total. The number of anilines is 1. The van der Waals surface area contributed by atoms with Gasteiger partial charge in [-0.1, -0.05) is 24.3 Å². The van der Waals surface area contributed by atoms with Crippen LogP contribution in [0.3, 0.4) is 0 Å². The van der Waals surface area contributed by atoms with Gasteiger partial charge in [0.25, 0.3) is 5.91 Å². The summed E-state index contributed by atoms with van der Waals surface area (Å²) in [6.45, 7) is 5.90. The zero-order valence-electron chi connectivity index (χ0n) is 20.2. The van der Waals surface area contributed by atoms with Crippen molar-refractivity contribution in [2.75, 3.05) is 12.4 Å². The summed E-state index contributed by atoms with van der Waals surface area (Å²) in [5.41, 5.74) is 4.78. The molecule has 36 heavy (non-hydrogen) atoms. The normalized spacial score (nSPS) is 11.0. The number of carbonyl (C=O) groups is 2. The zero-order chi connectivity index (χ0) is 25.4. The molecule has 5 rings (SSSR count). The van der Waals surface area contributed by atoms with Crippen LogP contribution in [0.5, 0.6) is 0 Å². The van der Waals surface area contributed by atoms with Gasteiger partial charge >= 0.3 is 5.97 Å². The van der Waals surface area contributed by atoms with E-state index in [9.17, 15) is 9.59 Å². The maximum Gasteiger partial charge on any atom is 0.338 e. The first kappa shape index (κ1) is 22.9. The lowest BCUT2D eigenvalue weighted by molar-refractivity contribution is 0.0597. The molecule has 0 saturated heterocycles. The van der Waals surface area contributed by atoms with Gasteiger partial charge in [0, 0.05) is 6.07 Å². The van der Waals surface area contributed by atoms with Gasteiger partial charge in [-0.05, 0) is 50.1 Å². The number of rotatable bonds is 5. The van der Waals surface area contributed by atoms with Crippen molar-refractivity contribution in [2.24, 2.45) is 0 Å². The lowest BCUT2D eigenvalue weighted by Gasteiger charge is -2.11. The number of benzene rings is 2. The Kier molecular flexibility index (Phi) is 5.77. The highest BCUT2D eigenvalue weighted by Crippen LogP contribution is 2.26. The summed E-state index contributed by atoms with van der Waals surface area (Å²) in [7, 11) is 1.27. The van der Waals surface area contributed by atoms with Crippen LogP contribution in [0.2, 0.25) is 0 Å². The van der Waals surface area contributed by atoms with Crippen molar-refractivity contribution >= 4 is 28.7 Å². The van der Waals surface area contributed by atoms with Crippen LogP contribution < -0.4 is 5.32 Å². The lowest BCUT2D eigenvalue weighted by atomic mass is 10.1. The fourth-order valence-electron chi connectivity index (χ4n) is 4.04. The second kappa shape index (κ2) is 9.06. The fraction of sp³-hybridized carbons (Fsp3) is 0.154. The summed E-state index contributed by atoms with van der Waals surface area (Å²) in [6.07, 6.45) is 3.12. The second-order valence-electron chi connectivity index (χ2n) is 8.28. The van der Waals surface area contributed by atoms with E-state index in [0.29, 0.717) is 28.4 Å². The average molecular weight is 482 g/mol. The van der Waals surface area contributed by atoms with E-state index in [1.54, 1.807) is 41.2 Å². The molecule has 0 unspecified atom stereocenters. The molecule has 0 aliphatic rings. The lowest BCUT2D eigenvalue weighted by Crippen LogP contribution is -2.19. The molecule has 0 saturated carbocycles. The van der Waals surface area contributed by atoms with Crippen LogP contribution in [-0.2, 0) is 4.74 Å². The van der Waals surface area contributed by atoms with Crippen LogP contribution in [-0.4, -0.2) is 48.5 Å². The number of nitrogens with zero attached hydrogens (tertiary/aromatic N) is 6. The van der Waals surface area contributed by atoms with E-state index in [2.05, 4.69) is 25.5 Å². The summed E-state index contributed by atoms with van der Waals surface area (Å²) in [6, 6.07) is 14.2. The number of hydrogen-bond acceptors (Lipinski definition) is 7. The topological polar surface area (TPSA) is 117 Å². The van der Waals surface area contributed by atoms with Crippen molar-refractivity contribution in [2.45, 2.75) is 20.8 Å². The summed E-state index contributed by atoms with van der Waals surface area (Å²) in [5.74, 6) is -0.229. The van der Waals surface area contributed by atoms with Crippen LogP contribution in [0.4, 0.5) is 5.82 Å². The summed E-state index contributed by atoms with van der Waals surface area (Å²) in [4.78, 5) is 34.2. The summed E-state index contributed by atoms with van der Waals surface area (Å²) >= 11 is 0. The molecule has 1 amide bonds. The van der Waals surface area contributed by atoms with Crippen molar-refractivity contribution in [1.82, 2.24) is 29.5 Å². The monoisotopic (exact) mass is 481 g/mol. The predicted octanol–water partition coefficient (Wildman–Crippen LogP) is 3.97. The number of aryl methyl sites for hydroxylation is 2. The van der Waals surface area contributed by atoms with Crippen molar-refractivity contribution < 1.29 is 14.3 Å². The van der Waals surface area contributed by atoms with E-state index >= 15 is 0 Å². The molecule has 10 nitrogen and oxygen atoms in total. The number of carbonyl (C=O) groups excluding carboxylic acids is 2. The van der Waals surface area contributed by atoms with Crippen LogP contribution >= 0.6 is 0 Å². The van der Waals surface area contributed by atoms with Crippen LogP contribution in [0.25, 0.3) is 22.5 Å². The molecule has 0 spiro atoms. The Bertz CT molecular complexity index is 1630. The van der Waals surface area contributed by atoms with E-state index in [-0.39, 0.29) is 11.1 Å². The molecule has 5 aromatic rings. The molecular weight excluding hydrogens is 458 g/mol. The molecule has 0 aliphatic carbocycles. The largest absolute Gasteiger partial charge is 0.465 e. The first-order valence-electron chi connectivity index (χ1n) is 11.2. The average Bonchev–Trinajstić information content (AvgIpc) is 3.48.